The molecule has 2 heterocycles. The molecule has 0 aliphatic heterocycles. The van der Waals surface area contributed by atoms with Crippen molar-refractivity contribution in [2.45, 2.75) is 32.4 Å². The van der Waals surface area contributed by atoms with Gasteiger partial charge in [0.25, 0.3) is 17.4 Å². The highest BCUT2D eigenvalue weighted by molar-refractivity contribution is 6.36. The van der Waals surface area contributed by atoms with Gasteiger partial charge < -0.3 is 25.5 Å². The first-order valence-corrected chi connectivity index (χ1v) is 10.5. The molecule has 4 N–H and O–H groups in total. The second-order valence-corrected chi connectivity index (χ2v) is 7.34. The lowest BCUT2D eigenvalue weighted by Gasteiger charge is -2.18. The second-order valence-electron chi connectivity index (χ2n) is 7.34. The number of fused-ring (bicyclic) bond motifs is 1. The van der Waals surface area contributed by atoms with Crippen molar-refractivity contribution in [3.05, 3.63) is 64.7 Å². The van der Waals surface area contributed by atoms with Gasteiger partial charge in [-0.15, -0.1) is 0 Å². The SMILES string of the molecule is CCn1cccc(NC(=O)C(CCC(=O)C(=O)NC)NC(=O)c2cc3ccccc3[nH]2)c1=O. The summed E-state index contributed by atoms with van der Waals surface area (Å²) in [6, 6.07) is 10.9. The highest BCUT2D eigenvalue weighted by Gasteiger charge is 2.25. The summed E-state index contributed by atoms with van der Waals surface area (Å²) in [4.78, 5) is 64.7. The van der Waals surface area contributed by atoms with Gasteiger partial charge >= 0.3 is 0 Å². The molecular formula is C23H25N5O5. The maximum absolute atomic E-state index is 13.0. The van der Waals surface area contributed by atoms with Crippen LogP contribution in [0.2, 0.25) is 0 Å². The van der Waals surface area contributed by atoms with E-state index < -0.39 is 35.1 Å². The van der Waals surface area contributed by atoms with Gasteiger partial charge in [0.05, 0.1) is 0 Å². The number of rotatable bonds is 9. The van der Waals surface area contributed by atoms with Crippen molar-refractivity contribution in [1.29, 1.82) is 0 Å². The van der Waals surface area contributed by atoms with Crippen LogP contribution >= 0.6 is 0 Å². The number of Topliss-reactive ketones (excluding diaryl/α,β-unsaturated/α-hetero) is 1. The average Bonchev–Trinajstić information content (AvgIpc) is 3.26. The molecule has 0 fully saturated rings. The molecule has 10 nitrogen and oxygen atoms in total. The minimum absolute atomic E-state index is 0.0480. The van der Waals surface area contributed by atoms with Crippen LogP contribution in [0, 0.1) is 0 Å². The quantitative estimate of drug-likeness (QED) is 0.362. The Hall–Kier alpha value is -4.21. The van der Waals surface area contributed by atoms with Gasteiger partial charge in [-0.05, 0) is 37.6 Å². The number of pyridine rings is 1. The van der Waals surface area contributed by atoms with E-state index in [-0.39, 0.29) is 24.2 Å². The molecule has 3 rings (SSSR count). The summed E-state index contributed by atoms with van der Waals surface area (Å²) in [7, 11) is 1.33. The molecular weight excluding hydrogens is 426 g/mol. The molecule has 0 aliphatic rings. The minimum atomic E-state index is -1.16. The molecule has 0 bridgehead atoms. The molecule has 1 unspecified atom stereocenters. The molecule has 2 aromatic heterocycles. The molecule has 0 spiro atoms. The summed E-state index contributed by atoms with van der Waals surface area (Å²) in [5, 5.41) is 8.18. The van der Waals surface area contributed by atoms with E-state index in [4.69, 9.17) is 0 Å². The van der Waals surface area contributed by atoms with Crippen LogP contribution in [0.1, 0.15) is 30.3 Å². The maximum Gasteiger partial charge on any atom is 0.287 e. The highest BCUT2D eigenvalue weighted by atomic mass is 16.2. The minimum Gasteiger partial charge on any atom is -0.353 e. The van der Waals surface area contributed by atoms with Crippen LogP contribution in [0.25, 0.3) is 10.9 Å². The number of aryl methyl sites for hydroxylation is 1. The number of H-pyrrole nitrogens is 1. The Labute approximate surface area is 189 Å². The van der Waals surface area contributed by atoms with Crippen LogP contribution in [0.3, 0.4) is 0 Å². The molecule has 33 heavy (non-hydrogen) atoms. The van der Waals surface area contributed by atoms with Crippen molar-refractivity contribution < 1.29 is 19.2 Å². The predicted molar refractivity (Wildman–Crippen MR) is 123 cm³/mol. The van der Waals surface area contributed by atoms with Gasteiger partial charge in [-0.25, -0.2) is 0 Å². The molecule has 0 saturated carbocycles. The number of ketones is 1. The Bertz CT molecular complexity index is 1230. The van der Waals surface area contributed by atoms with E-state index >= 15 is 0 Å². The van der Waals surface area contributed by atoms with Gasteiger partial charge in [-0.2, -0.15) is 0 Å². The zero-order valence-electron chi connectivity index (χ0n) is 18.3. The Kier molecular flexibility index (Phi) is 7.39. The number of likely N-dealkylation sites (N-methyl/N-ethyl adjacent to an activating group) is 1. The standard InChI is InChI=1S/C23H25N5O5/c1-3-28-12-6-9-17(23(28)33)27-20(30)16(10-11-19(29)22(32)24-2)26-21(31)18-13-14-7-4-5-8-15(14)25-18/h4-9,12-13,16,25H,3,10-11H2,1-2H3,(H,24,32)(H,26,31)(H,27,30). The number of hydrogen-bond acceptors (Lipinski definition) is 5. The number of carbonyl (C=O) groups is 4. The Morgan fingerprint density at radius 2 is 1.85 bits per heavy atom. The lowest BCUT2D eigenvalue weighted by Crippen LogP contribution is -2.45. The highest BCUT2D eigenvalue weighted by Crippen LogP contribution is 2.15. The van der Waals surface area contributed by atoms with Crippen molar-refractivity contribution in [1.82, 2.24) is 20.2 Å². The summed E-state index contributed by atoms with van der Waals surface area (Å²) < 4.78 is 1.42. The van der Waals surface area contributed by atoms with E-state index in [1.165, 1.54) is 17.7 Å². The topological polar surface area (TPSA) is 142 Å². The lowest BCUT2D eigenvalue weighted by molar-refractivity contribution is -0.137. The van der Waals surface area contributed by atoms with E-state index in [0.717, 1.165) is 10.9 Å². The van der Waals surface area contributed by atoms with Crippen molar-refractivity contribution in [3.63, 3.8) is 0 Å². The van der Waals surface area contributed by atoms with Crippen LogP contribution in [-0.2, 0) is 20.9 Å². The number of nitrogens with zero attached hydrogens (tertiary/aromatic N) is 1. The number of benzene rings is 1. The second kappa shape index (κ2) is 10.4. The molecule has 3 amide bonds. The number of amides is 3. The van der Waals surface area contributed by atoms with Gasteiger partial charge in [0.2, 0.25) is 11.7 Å². The summed E-state index contributed by atoms with van der Waals surface area (Å²) >= 11 is 0. The van der Waals surface area contributed by atoms with Gasteiger partial charge in [-0.3, -0.25) is 24.0 Å². The predicted octanol–water partition coefficient (Wildman–Crippen LogP) is 1.18. The third kappa shape index (κ3) is 5.53. The smallest absolute Gasteiger partial charge is 0.287 e. The zero-order chi connectivity index (χ0) is 24.0. The maximum atomic E-state index is 13.0. The fourth-order valence-electron chi connectivity index (χ4n) is 3.33. The third-order valence-electron chi connectivity index (χ3n) is 5.16. The molecule has 172 valence electrons. The Morgan fingerprint density at radius 1 is 1.09 bits per heavy atom. The normalized spacial score (nSPS) is 11.6. The van der Waals surface area contributed by atoms with Crippen molar-refractivity contribution in [2.75, 3.05) is 12.4 Å². The monoisotopic (exact) mass is 451 g/mol. The molecule has 3 aromatic rings. The van der Waals surface area contributed by atoms with Gasteiger partial charge in [0.15, 0.2) is 0 Å². The van der Waals surface area contributed by atoms with Crippen LogP contribution in [-0.4, -0.2) is 46.1 Å². The number of anilines is 1. The van der Waals surface area contributed by atoms with Crippen LogP contribution in [0.5, 0.6) is 0 Å². The number of para-hydroxylation sites is 1. The first-order chi connectivity index (χ1) is 15.8. The molecule has 0 radical (unpaired) electrons. The van der Waals surface area contributed by atoms with E-state index in [1.54, 1.807) is 25.3 Å². The third-order valence-corrected chi connectivity index (χ3v) is 5.16. The largest absolute Gasteiger partial charge is 0.353 e. The van der Waals surface area contributed by atoms with Crippen LogP contribution in [0.4, 0.5) is 5.69 Å². The van der Waals surface area contributed by atoms with E-state index in [9.17, 15) is 24.0 Å². The number of aromatic amines is 1. The average molecular weight is 451 g/mol. The Morgan fingerprint density at radius 3 is 2.55 bits per heavy atom. The molecule has 0 saturated heterocycles. The zero-order valence-corrected chi connectivity index (χ0v) is 18.3. The van der Waals surface area contributed by atoms with Crippen molar-refractivity contribution in [2.24, 2.45) is 0 Å². The fourth-order valence-corrected chi connectivity index (χ4v) is 3.33. The Balaban J connectivity index is 1.81. The van der Waals surface area contributed by atoms with Crippen molar-refractivity contribution >= 4 is 40.1 Å². The summed E-state index contributed by atoms with van der Waals surface area (Å²) in [6.45, 7) is 2.21. The van der Waals surface area contributed by atoms with Crippen LogP contribution < -0.4 is 21.5 Å². The van der Waals surface area contributed by atoms with E-state index in [2.05, 4.69) is 20.9 Å². The summed E-state index contributed by atoms with van der Waals surface area (Å²) in [5.41, 5.74) is 0.643. The molecule has 1 atom stereocenters. The van der Waals surface area contributed by atoms with Gasteiger partial charge in [0, 0.05) is 37.1 Å². The molecule has 1 aromatic carbocycles. The fraction of sp³-hybridized carbons (Fsp3) is 0.261. The summed E-state index contributed by atoms with van der Waals surface area (Å²) in [6.07, 6.45) is 1.20. The first kappa shape index (κ1) is 23.5. The number of hydrogen-bond donors (Lipinski definition) is 4. The van der Waals surface area contributed by atoms with Crippen LogP contribution in [0.15, 0.2) is 53.5 Å². The van der Waals surface area contributed by atoms with Crippen molar-refractivity contribution in [3.8, 4) is 0 Å². The summed E-state index contributed by atoms with van der Waals surface area (Å²) in [5.74, 6) is -2.74. The van der Waals surface area contributed by atoms with Gasteiger partial charge in [0.1, 0.15) is 17.4 Å². The van der Waals surface area contributed by atoms with E-state index in [1.807, 2.05) is 24.3 Å². The lowest BCUT2D eigenvalue weighted by atomic mass is 10.1. The number of aromatic nitrogens is 2. The number of carbonyl (C=O) groups excluding carboxylic acids is 4. The van der Waals surface area contributed by atoms with Gasteiger partial charge in [-0.1, -0.05) is 18.2 Å². The molecule has 0 aliphatic carbocycles. The number of nitrogens with one attached hydrogen (secondary N) is 4. The first-order valence-electron chi connectivity index (χ1n) is 10.5. The van der Waals surface area contributed by atoms with E-state index in [0.29, 0.717) is 6.54 Å². The molecule has 10 heteroatoms.